The summed E-state index contributed by atoms with van der Waals surface area (Å²) in [4.78, 5) is 14.8. The van der Waals surface area contributed by atoms with Gasteiger partial charge in [-0.3, -0.25) is 15.1 Å². The molecule has 92 valence electrons. The Kier molecular flexibility index (Phi) is 4.34. The smallest absolute Gasteiger partial charge is 0.278 e. The van der Waals surface area contributed by atoms with Crippen molar-refractivity contribution in [3.05, 3.63) is 45.8 Å². The first-order chi connectivity index (χ1) is 7.97. The number of hydrogen-bond acceptors (Lipinski definition) is 4. The first kappa shape index (κ1) is 13.3. The number of aryl methyl sites for hydroxylation is 1. The molecule has 0 saturated heterocycles. The maximum absolute atomic E-state index is 10.9. The lowest BCUT2D eigenvalue weighted by Gasteiger charge is -2.11. The Balaban J connectivity index is 2.98. The molecule has 1 aromatic heterocycles. The molecule has 0 aromatic carbocycles. The molecule has 0 aliphatic carbocycles. The van der Waals surface area contributed by atoms with E-state index >= 15 is 0 Å². The molecule has 1 heterocycles. The number of nitrogens with zero attached hydrogens (tertiary/aromatic N) is 2. The van der Waals surface area contributed by atoms with E-state index < -0.39 is 0 Å². The van der Waals surface area contributed by atoms with Gasteiger partial charge in [-0.25, -0.2) is 0 Å². The molecule has 1 aromatic rings. The van der Waals surface area contributed by atoms with Gasteiger partial charge in [0, 0.05) is 29.9 Å². The van der Waals surface area contributed by atoms with Crippen LogP contribution in [0, 0.1) is 24.0 Å². The second-order valence-corrected chi connectivity index (χ2v) is 4.02. The van der Waals surface area contributed by atoms with E-state index in [0.717, 1.165) is 0 Å². The summed E-state index contributed by atoms with van der Waals surface area (Å²) in [6.45, 7) is 9.55. The van der Waals surface area contributed by atoms with E-state index in [9.17, 15) is 10.1 Å². The highest BCUT2D eigenvalue weighted by Gasteiger charge is 2.18. The molecule has 1 unspecified atom stereocenters. The fraction of sp³-hybridized carbons (Fsp3) is 0.417. The molecule has 0 saturated carbocycles. The van der Waals surface area contributed by atoms with E-state index in [0.29, 0.717) is 23.4 Å². The Morgan fingerprint density at radius 2 is 2.29 bits per heavy atom. The van der Waals surface area contributed by atoms with Crippen molar-refractivity contribution in [1.82, 2.24) is 10.3 Å². The largest absolute Gasteiger partial charge is 0.305 e. The number of hydrogen-bond donors (Lipinski definition) is 1. The van der Waals surface area contributed by atoms with Crippen LogP contribution in [0.3, 0.4) is 0 Å². The lowest BCUT2D eigenvalue weighted by molar-refractivity contribution is -0.386. The quantitative estimate of drug-likeness (QED) is 0.483. The monoisotopic (exact) mass is 235 g/mol. The van der Waals surface area contributed by atoms with Gasteiger partial charge < -0.3 is 5.32 Å². The molecule has 17 heavy (non-hydrogen) atoms. The summed E-state index contributed by atoms with van der Waals surface area (Å²) in [5.41, 5.74) is 2.07. The summed E-state index contributed by atoms with van der Waals surface area (Å²) in [5.74, 6) is 0. The highest BCUT2D eigenvalue weighted by atomic mass is 16.6. The minimum atomic E-state index is -0.354. The van der Waals surface area contributed by atoms with Gasteiger partial charge in [0.05, 0.1) is 10.6 Å². The van der Waals surface area contributed by atoms with Crippen LogP contribution in [0.2, 0.25) is 0 Å². The third-order valence-electron chi connectivity index (χ3n) is 2.70. The van der Waals surface area contributed by atoms with Crippen molar-refractivity contribution in [2.75, 3.05) is 0 Å². The van der Waals surface area contributed by atoms with Gasteiger partial charge in [-0.05, 0) is 20.8 Å². The molecule has 5 heteroatoms. The maximum atomic E-state index is 10.9. The van der Waals surface area contributed by atoms with Gasteiger partial charge in [0.15, 0.2) is 0 Å². The highest BCUT2D eigenvalue weighted by Crippen LogP contribution is 2.23. The predicted octanol–water partition coefficient (Wildman–Crippen LogP) is 2.27. The highest BCUT2D eigenvalue weighted by molar-refractivity contribution is 5.47. The zero-order chi connectivity index (χ0) is 13.0. The summed E-state index contributed by atoms with van der Waals surface area (Å²) in [6, 6.07) is 0.150. The Morgan fingerprint density at radius 3 is 2.82 bits per heavy atom. The lowest BCUT2D eigenvalue weighted by atomic mass is 10.1. The standard InChI is InChI=1S/C12H17N3O2/c1-5-9(3)13-7-11-10(4)12(15(16)17)8(2)6-14-11/h5-6,9,13H,1,7H2,2-4H3. The Labute approximate surface area is 101 Å². The molecule has 0 fully saturated rings. The minimum Gasteiger partial charge on any atom is -0.305 e. The average molecular weight is 235 g/mol. The molecule has 5 nitrogen and oxygen atoms in total. The van der Waals surface area contributed by atoms with Crippen molar-refractivity contribution in [3.8, 4) is 0 Å². The molecule has 1 N–H and O–H groups in total. The van der Waals surface area contributed by atoms with Gasteiger partial charge in [-0.1, -0.05) is 6.08 Å². The van der Waals surface area contributed by atoms with Crippen LogP contribution in [0.4, 0.5) is 5.69 Å². The molecule has 0 aliphatic rings. The zero-order valence-corrected chi connectivity index (χ0v) is 10.4. The normalized spacial score (nSPS) is 12.2. The van der Waals surface area contributed by atoms with E-state index in [2.05, 4.69) is 16.9 Å². The fourth-order valence-electron chi connectivity index (χ4n) is 1.57. The second kappa shape index (κ2) is 5.54. The third-order valence-corrected chi connectivity index (χ3v) is 2.70. The predicted molar refractivity (Wildman–Crippen MR) is 66.9 cm³/mol. The zero-order valence-electron chi connectivity index (χ0n) is 10.4. The van der Waals surface area contributed by atoms with Crippen LogP contribution < -0.4 is 5.32 Å². The molecule has 0 amide bonds. The molecule has 1 rings (SSSR count). The van der Waals surface area contributed by atoms with Crippen LogP contribution in [0.5, 0.6) is 0 Å². The minimum absolute atomic E-state index is 0.150. The van der Waals surface area contributed by atoms with Crippen LogP contribution in [-0.2, 0) is 6.54 Å². The van der Waals surface area contributed by atoms with E-state index in [1.807, 2.05) is 6.92 Å². The van der Waals surface area contributed by atoms with Crippen molar-refractivity contribution in [2.24, 2.45) is 0 Å². The Hall–Kier alpha value is -1.75. The van der Waals surface area contributed by atoms with Gasteiger partial charge in [0.1, 0.15) is 0 Å². The van der Waals surface area contributed by atoms with Crippen molar-refractivity contribution >= 4 is 5.69 Å². The molecular formula is C12H17N3O2. The second-order valence-electron chi connectivity index (χ2n) is 4.02. The maximum Gasteiger partial charge on any atom is 0.278 e. The number of aromatic nitrogens is 1. The molecule has 0 aliphatic heterocycles. The van der Waals surface area contributed by atoms with Crippen molar-refractivity contribution in [2.45, 2.75) is 33.4 Å². The van der Waals surface area contributed by atoms with Crippen LogP contribution in [0.1, 0.15) is 23.7 Å². The van der Waals surface area contributed by atoms with Gasteiger partial charge in [-0.2, -0.15) is 0 Å². The summed E-state index contributed by atoms with van der Waals surface area (Å²) in [5, 5.41) is 14.1. The van der Waals surface area contributed by atoms with E-state index in [1.54, 1.807) is 26.1 Å². The summed E-state index contributed by atoms with van der Waals surface area (Å²) < 4.78 is 0. The van der Waals surface area contributed by atoms with Gasteiger partial charge in [0.2, 0.25) is 0 Å². The molecular weight excluding hydrogens is 218 g/mol. The van der Waals surface area contributed by atoms with Gasteiger partial charge in [0.25, 0.3) is 5.69 Å². The van der Waals surface area contributed by atoms with E-state index in [1.165, 1.54) is 0 Å². The first-order valence-corrected chi connectivity index (χ1v) is 5.42. The third kappa shape index (κ3) is 3.10. The van der Waals surface area contributed by atoms with Gasteiger partial charge >= 0.3 is 0 Å². The summed E-state index contributed by atoms with van der Waals surface area (Å²) in [7, 11) is 0. The topological polar surface area (TPSA) is 68.1 Å². The average Bonchev–Trinajstić information content (AvgIpc) is 2.27. The SMILES string of the molecule is C=CC(C)NCc1ncc(C)c([N+](=O)[O-])c1C. The van der Waals surface area contributed by atoms with Crippen molar-refractivity contribution in [1.29, 1.82) is 0 Å². The van der Waals surface area contributed by atoms with E-state index in [-0.39, 0.29) is 16.7 Å². The summed E-state index contributed by atoms with van der Waals surface area (Å²) in [6.07, 6.45) is 3.32. The molecule has 1 atom stereocenters. The molecule has 0 spiro atoms. The Bertz CT molecular complexity index is 444. The number of nitrogens with one attached hydrogen (secondary N) is 1. The van der Waals surface area contributed by atoms with E-state index in [4.69, 9.17) is 0 Å². The number of pyridine rings is 1. The van der Waals surface area contributed by atoms with Crippen LogP contribution in [-0.4, -0.2) is 15.9 Å². The van der Waals surface area contributed by atoms with Gasteiger partial charge in [-0.15, -0.1) is 6.58 Å². The number of nitro groups is 1. The fourth-order valence-corrected chi connectivity index (χ4v) is 1.57. The van der Waals surface area contributed by atoms with Crippen LogP contribution >= 0.6 is 0 Å². The number of rotatable bonds is 5. The van der Waals surface area contributed by atoms with Crippen molar-refractivity contribution < 1.29 is 4.92 Å². The first-order valence-electron chi connectivity index (χ1n) is 5.42. The van der Waals surface area contributed by atoms with Crippen LogP contribution in [0.15, 0.2) is 18.9 Å². The molecule has 0 bridgehead atoms. The van der Waals surface area contributed by atoms with Crippen LogP contribution in [0.25, 0.3) is 0 Å². The Morgan fingerprint density at radius 1 is 1.65 bits per heavy atom. The molecule has 0 radical (unpaired) electrons. The lowest BCUT2D eigenvalue weighted by Crippen LogP contribution is -2.24. The summed E-state index contributed by atoms with van der Waals surface area (Å²) >= 11 is 0. The van der Waals surface area contributed by atoms with Crippen molar-refractivity contribution in [3.63, 3.8) is 0 Å².